The van der Waals surface area contributed by atoms with Gasteiger partial charge < -0.3 is 14.8 Å². The summed E-state index contributed by atoms with van der Waals surface area (Å²) in [6, 6.07) is 2.88. The van der Waals surface area contributed by atoms with Crippen molar-refractivity contribution in [1.82, 2.24) is 9.62 Å². The summed E-state index contributed by atoms with van der Waals surface area (Å²) in [7, 11) is -1.41. The molecule has 1 heterocycles. The second-order valence-corrected chi connectivity index (χ2v) is 9.52. The molecule has 0 amide bonds. The second-order valence-electron chi connectivity index (χ2n) is 7.38. The first kappa shape index (κ1) is 23.3. The molecule has 3 atom stereocenters. The van der Waals surface area contributed by atoms with Crippen molar-refractivity contribution in [2.75, 3.05) is 34.1 Å². The third kappa shape index (κ3) is 4.34. The lowest BCUT2D eigenvalue weighted by atomic mass is 9.75. The van der Waals surface area contributed by atoms with Crippen LogP contribution in [0, 0.1) is 15.9 Å². The van der Waals surface area contributed by atoms with E-state index in [0.717, 1.165) is 22.5 Å². The number of methoxy groups -OCH3 is 1. The van der Waals surface area contributed by atoms with Crippen LogP contribution in [0.3, 0.4) is 0 Å². The van der Waals surface area contributed by atoms with Gasteiger partial charge in [-0.15, -0.1) is 0 Å². The number of non-ortho nitro benzene ring substituents is 1. The van der Waals surface area contributed by atoms with Crippen molar-refractivity contribution < 1.29 is 31.6 Å². The summed E-state index contributed by atoms with van der Waals surface area (Å²) in [5.74, 6) is -0.955. The van der Waals surface area contributed by atoms with Gasteiger partial charge in [0.1, 0.15) is 29.5 Å². The molecule has 1 saturated carbocycles. The zero-order valence-electron chi connectivity index (χ0n) is 17.1. The summed E-state index contributed by atoms with van der Waals surface area (Å²) in [5, 5.41) is 12.6. The van der Waals surface area contributed by atoms with Crippen LogP contribution >= 0.6 is 0 Å². The van der Waals surface area contributed by atoms with Crippen molar-refractivity contribution in [2.45, 2.75) is 36.2 Å². The minimum absolute atomic E-state index is 0.0566. The molecule has 1 aliphatic heterocycles. The Bertz CT molecular complexity index is 976. The van der Waals surface area contributed by atoms with Crippen LogP contribution in [0.15, 0.2) is 23.2 Å². The zero-order valence-corrected chi connectivity index (χ0v) is 17.9. The SMILES string of the molecule is COCCOCNC1=NC2(c3cc([N+](=O)[O-])ccc3F)CCC(F)C[C@@H]2S(=O)(=O)N1C. The maximum atomic E-state index is 14.9. The summed E-state index contributed by atoms with van der Waals surface area (Å²) in [5.41, 5.74) is -2.36. The maximum absolute atomic E-state index is 14.9. The lowest BCUT2D eigenvalue weighted by Crippen LogP contribution is -2.60. The van der Waals surface area contributed by atoms with Gasteiger partial charge in [-0.1, -0.05) is 0 Å². The highest BCUT2D eigenvalue weighted by Gasteiger charge is 2.57. The Hall–Kier alpha value is -2.38. The summed E-state index contributed by atoms with van der Waals surface area (Å²) in [4.78, 5) is 15.1. The van der Waals surface area contributed by atoms with Crippen molar-refractivity contribution in [3.05, 3.63) is 39.7 Å². The van der Waals surface area contributed by atoms with E-state index in [4.69, 9.17) is 9.47 Å². The lowest BCUT2D eigenvalue weighted by molar-refractivity contribution is -0.385. The topological polar surface area (TPSA) is 123 Å². The molecule has 13 heteroatoms. The maximum Gasteiger partial charge on any atom is 0.270 e. The molecule has 172 valence electrons. The minimum Gasteiger partial charge on any atom is -0.382 e. The average molecular weight is 462 g/mol. The molecule has 1 N–H and O–H groups in total. The van der Waals surface area contributed by atoms with Crippen LogP contribution in [0.1, 0.15) is 24.8 Å². The number of hydrogen-bond acceptors (Lipinski definition) is 8. The fourth-order valence-electron chi connectivity index (χ4n) is 3.96. The number of halogens is 2. The molecule has 2 unspecified atom stereocenters. The van der Waals surface area contributed by atoms with Crippen molar-refractivity contribution in [1.29, 1.82) is 0 Å². The molecule has 0 aromatic heterocycles. The Morgan fingerprint density at radius 3 is 2.84 bits per heavy atom. The number of ether oxygens (including phenoxy) is 2. The lowest BCUT2D eigenvalue weighted by Gasteiger charge is -2.47. The molecule has 0 saturated heterocycles. The van der Waals surface area contributed by atoms with Crippen LogP contribution in [-0.2, 0) is 25.0 Å². The number of benzene rings is 1. The van der Waals surface area contributed by atoms with E-state index in [9.17, 15) is 27.3 Å². The van der Waals surface area contributed by atoms with Gasteiger partial charge in [-0.25, -0.2) is 26.5 Å². The van der Waals surface area contributed by atoms with Gasteiger partial charge in [0.2, 0.25) is 16.0 Å². The quantitative estimate of drug-likeness (QED) is 0.283. The molecular formula is C18H24F2N4O6S. The number of rotatable bonds is 7. The Labute approximate surface area is 178 Å². The molecule has 1 aromatic rings. The molecule has 3 rings (SSSR count). The van der Waals surface area contributed by atoms with Gasteiger partial charge in [0.25, 0.3) is 5.69 Å². The van der Waals surface area contributed by atoms with E-state index in [2.05, 4.69) is 10.3 Å². The summed E-state index contributed by atoms with van der Waals surface area (Å²) in [6.07, 6.45) is -1.99. The fraction of sp³-hybridized carbons (Fsp3) is 0.611. The highest BCUT2D eigenvalue weighted by Crippen LogP contribution is 2.49. The predicted molar refractivity (Wildman–Crippen MR) is 107 cm³/mol. The first-order valence-electron chi connectivity index (χ1n) is 9.60. The smallest absolute Gasteiger partial charge is 0.270 e. The predicted octanol–water partition coefficient (Wildman–Crippen LogP) is 1.66. The highest BCUT2D eigenvalue weighted by molar-refractivity contribution is 7.90. The Kier molecular flexibility index (Phi) is 6.76. The van der Waals surface area contributed by atoms with Crippen LogP contribution in [0.5, 0.6) is 0 Å². The molecular weight excluding hydrogens is 438 g/mol. The number of hydrogen-bond donors (Lipinski definition) is 1. The van der Waals surface area contributed by atoms with Gasteiger partial charge in [-0.3, -0.25) is 10.1 Å². The van der Waals surface area contributed by atoms with Gasteiger partial charge in [0.15, 0.2) is 0 Å². The van der Waals surface area contributed by atoms with E-state index < -0.39 is 49.8 Å². The number of nitrogens with one attached hydrogen (secondary N) is 1. The number of fused-ring (bicyclic) bond motifs is 1. The van der Waals surface area contributed by atoms with E-state index in [1.807, 2.05) is 0 Å². The average Bonchev–Trinajstić information content (AvgIpc) is 2.72. The van der Waals surface area contributed by atoms with Crippen molar-refractivity contribution in [3.63, 3.8) is 0 Å². The first-order valence-corrected chi connectivity index (χ1v) is 11.1. The third-order valence-corrected chi connectivity index (χ3v) is 7.82. The van der Waals surface area contributed by atoms with Crippen LogP contribution in [-0.4, -0.2) is 69.1 Å². The van der Waals surface area contributed by atoms with E-state index in [1.165, 1.54) is 14.2 Å². The van der Waals surface area contributed by atoms with Gasteiger partial charge in [0.05, 0.1) is 18.1 Å². The van der Waals surface area contributed by atoms with E-state index in [1.54, 1.807) is 0 Å². The molecule has 2 aliphatic rings. The van der Waals surface area contributed by atoms with Crippen LogP contribution in [0.2, 0.25) is 0 Å². The van der Waals surface area contributed by atoms with Gasteiger partial charge in [-0.05, 0) is 25.3 Å². The zero-order chi connectivity index (χ0) is 22.8. The molecule has 0 bridgehead atoms. The standard InChI is InChI=1S/C18H24F2N4O6S/c1-23-17(21-11-30-8-7-29-2)22-18(6-5-12(19)9-16(18)31(23,27)28)14-10-13(24(25)26)3-4-15(14)20/h3-4,10,12,16H,5-9,11H2,1-2H3,(H,21,22)/t12?,16-,18?/m0/s1. The van der Waals surface area contributed by atoms with Gasteiger partial charge in [0, 0.05) is 31.9 Å². The van der Waals surface area contributed by atoms with E-state index in [0.29, 0.717) is 6.61 Å². The molecule has 31 heavy (non-hydrogen) atoms. The van der Waals surface area contributed by atoms with Crippen molar-refractivity contribution in [3.8, 4) is 0 Å². The number of nitro groups is 1. The van der Waals surface area contributed by atoms with Crippen LogP contribution < -0.4 is 5.32 Å². The highest BCUT2D eigenvalue weighted by atomic mass is 32.2. The number of alkyl halides is 1. The van der Waals surface area contributed by atoms with Crippen LogP contribution in [0.25, 0.3) is 0 Å². The largest absolute Gasteiger partial charge is 0.382 e. The molecule has 10 nitrogen and oxygen atoms in total. The fourth-order valence-corrected chi connectivity index (χ4v) is 5.93. The monoisotopic (exact) mass is 462 g/mol. The molecule has 1 aliphatic carbocycles. The Morgan fingerprint density at radius 1 is 1.42 bits per heavy atom. The van der Waals surface area contributed by atoms with Crippen LogP contribution in [0.4, 0.5) is 14.5 Å². The van der Waals surface area contributed by atoms with Crippen molar-refractivity contribution >= 4 is 21.7 Å². The second kappa shape index (κ2) is 9.01. The molecule has 1 fully saturated rings. The summed E-state index contributed by atoms with van der Waals surface area (Å²) >= 11 is 0. The van der Waals surface area contributed by atoms with E-state index >= 15 is 0 Å². The van der Waals surface area contributed by atoms with Gasteiger partial charge >= 0.3 is 0 Å². The minimum atomic E-state index is -4.16. The number of sulfonamides is 1. The molecule has 0 spiro atoms. The summed E-state index contributed by atoms with van der Waals surface area (Å²) < 4.78 is 66.7. The molecule has 1 aromatic carbocycles. The van der Waals surface area contributed by atoms with Crippen molar-refractivity contribution in [2.24, 2.45) is 4.99 Å². The number of aliphatic imine (C=N–C) groups is 1. The number of nitrogens with zero attached hydrogens (tertiary/aromatic N) is 3. The third-order valence-electron chi connectivity index (χ3n) is 5.58. The summed E-state index contributed by atoms with van der Waals surface area (Å²) in [6.45, 7) is 0.459. The Morgan fingerprint density at radius 2 is 2.16 bits per heavy atom. The van der Waals surface area contributed by atoms with E-state index in [-0.39, 0.29) is 37.7 Å². The first-order chi connectivity index (χ1) is 14.6. The number of guanidine groups is 1. The normalized spacial score (nSPS) is 27.4. The Balaban J connectivity index is 2.10. The molecule has 0 radical (unpaired) electrons. The van der Waals surface area contributed by atoms with Gasteiger partial charge in [-0.2, -0.15) is 0 Å². The number of nitro benzene ring substituents is 1.